The van der Waals surface area contributed by atoms with Crippen molar-refractivity contribution >= 4 is 5.87 Å². The maximum absolute atomic E-state index is 12.7. The van der Waals surface area contributed by atoms with Gasteiger partial charge in [-0.1, -0.05) is 0 Å². The van der Waals surface area contributed by atoms with Crippen LogP contribution in [-0.2, 0) is 0 Å². The Morgan fingerprint density at radius 2 is 2.27 bits per heavy atom. The summed E-state index contributed by atoms with van der Waals surface area (Å²) in [5.41, 5.74) is 1.76. The lowest BCUT2D eigenvalue weighted by atomic mass is 10.0. The number of aliphatic imine (C=N–C) groups is 1. The van der Waals surface area contributed by atoms with Gasteiger partial charge in [0.05, 0.1) is 5.70 Å². The van der Waals surface area contributed by atoms with Gasteiger partial charge in [-0.15, -0.1) is 0 Å². The second-order valence-corrected chi connectivity index (χ2v) is 2.44. The third kappa shape index (κ3) is 1.08. The fraction of sp³-hybridized carbons (Fsp3) is 0.111. The molecular formula is C9H6FN. The Labute approximate surface area is 63.9 Å². The van der Waals surface area contributed by atoms with Crippen LogP contribution in [0.1, 0.15) is 6.42 Å². The van der Waals surface area contributed by atoms with Crippen LogP contribution in [0, 0.1) is 0 Å². The van der Waals surface area contributed by atoms with E-state index in [1.54, 1.807) is 12.2 Å². The van der Waals surface area contributed by atoms with Gasteiger partial charge in [-0.05, 0) is 29.7 Å². The van der Waals surface area contributed by atoms with Gasteiger partial charge in [-0.25, -0.2) is 9.38 Å². The van der Waals surface area contributed by atoms with Crippen LogP contribution in [0.15, 0.2) is 46.4 Å². The minimum Gasteiger partial charge on any atom is -0.211 e. The first-order valence-corrected chi connectivity index (χ1v) is 3.41. The topological polar surface area (TPSA) is 12.4 Å². The lowest BCUT2D eigenvalue weighted by Gasteiger charge is -2.10. The highest BCUT2D eigenvalue weighted by atomic mass is 19.1. The SMILES string of the molecule is FC1=CC=C2N=C=CC=C2C1. The number of hydrogen-bond donors (Lipinski definition) is 0. The molecule has 11 heavy (non-hydrogen) atoms. The van der Waals surface area contributed by atoms with E-state index in [9.17, 15) is 4.39 Å². The molecule has 0 radical (unpaired) electrons. The third-order valence-electron chi connectivity index (χ3n) is 1.65. The zero-order chi connectivity index (χ0) is 7.68. The second-order valence-electron chi connectivity index (χ2n) is 2.44. The van der Waals surface area contributed by atoms with Crippen LogP contribution in [0.3, 0.4) is 0 Å². The molecule has 0 unspecified atom stereocenters. The fourth-order valence-corrected chi connectivity index (χ4v) is 1.11. The van der Waals surface area contributed by atoms with E-state index in [1.165, 1.54) is 6.08 Å². The summed E-state index contributed by atoms with van der Waals surface area (Å²) in [7, 11) is 0. The highest BCUT2D eigenvalue weighted by Gasteiger charge is 2.11. The van der Waals surface area contributed by atoms with Crippen molar-refractivity contribution in [3.63, 3.8) is 0 Å². The summed E-state index contributed by atoms with van der Waals surface area (Å²) >= 11 is 0. The molecule has 1 aliphatic carbocycles. The number of hydrogen-bond acceptors (Lipinski definition) is 1. The van der Waals surface area contributed by atoms with Gasteiger partial charge >= 0.3 is 0 Å². The summed E-state index contributed by atoms with van der Waals surface area (Å²) < 4.78 is 12.7. The molecule has 0 aromatic heterocycles. The van der Waals surface area contributed by atoms with E-state index in [-0.39, 0.29) is 5.83 Å². The Bertz CT molecular complexity index is 339. The predicted molar refractivity (Wildman–Crippen MR) is 42.0 cm³/mol. The molecule has 2 heteroatoms. The number of rotatable bonds is 0. The van der Waals surface area contributed by atoms with Crippen LogP contribution >= 0.6 is 0 Å². The molecule has 0 spiro atoms. The molecule has 2 rings (SSSR count). The van der Waals surface area contributed by atoms with E-state index in [1.807, 2.05) is 6.08 Å². The minimum absolute atomic E-state index is 0.106. The zero-order valence-corrected chi connectivity index (χ0v) is 5.84. The Morgan fingerprint density at radius 1 is 1.36 bits per heavy atom. The average molecular weight is 147 g/mol. The van der Waals surface area contributed by atoms with Gasteiger partial charge in [0, 0.05) is 12.5 Å². The molecular weight excluding hydrogens is 141 g/mol. The van der Waals surface area contributed by atoms with Crippen LogP contribution in [0.5, 0.6) is 0 Å². The van der Waals surface area contributed by atoms with E-state index < -0.39 is 0 Å². The standard InChI is InChI=1S/C9H6FN/c10-8-3-4-9-7(6-8)2-1-5-11-9/h1-4H,6H2. The second kappa shape index (κ2) is 2.33. The highest BCUT2D eigenvalue weighted by molar-refractivity contribution is 5.63. The monoisotopic (exact) mass is 147 g/mol. The molecule has 0 aromatic rings. The summed E-state index contributed by atoms with van der Waals surface area (Å²) in [6.45, 7) is 0. The molecule has 0 bridgehead atoms. The molecule has 1 nitrogen and oxygen atoms in total. The van der Waals surface area contributed by atoms with E-state index in [2.05, 4.69) is 10.9 Å². The van der Waals surface area contributed by atoms with E-state index in [4.69, 9.17) is 0 Å². The summed E-state index contributed by atoms with van der Waals surface area (Å²) in [5.74, 6) is 2.60. The Hall–Kier alpha value is -1.40. The highest BCUT2D eigenvalue weighted by Crippen LogP contribution is 2.26. The molecule has 0 saturated carbocycles. The van der Waals surface area contributed by atoms with Crippen LogP contribution in [0.2, 0.25) is 0 Å². The molecule has 0 amide bonds. The molecule has 2 aliphatic rings. The fourth-order valence-electron chi connectivity index (χ4n) is 1.11. The molecule has 1 aliphatic heterocycles. The van der Waals surface area contributed by atoms with Crippen molar-refractivity contribution in [3.05, 3.63) is 41.4 Å². The average Bonchev–Trinajstić information content (AvgIpc) is 2.04. The first-order chi connectivity index (χ1) is 5.36. The third-order valence-corrected chi connectivity index (χ3v) is 1.65. The maximum Gasteiger partial charge on any atom is 0.104 e. The maximum atomic E-state index is 12.7. The van der Waals surface area contributed by atoms with Crippen molar-refractivity contribution in [1.82, 2.24) is 0 Å². The van der Waals surface area contributed by atoms with Crippen molar-refractivity contribution in [2.45, 2.75) is 6.42 Å². The van der Waals surface area contributed by atoms with E-state index >= 15 is 0 Å². The molecule has 1 heterocycles. The number of halogens is 1. The van der Waals surface area contributed by atoms with Gasteiger partial charge in [0.25, 0.3) is 0 Å². The van der Waals surface area contributed by atoms with Crippen LogP contribution in [-0.4, -0.2) is 5.87 Å². The predicted octanol–water partition coefficient (Wildman–Crippen LogP) is 2.29. The molecule has 0 N–H and O–H groups in total. The summed E-state index contributed by atoms with van der Waals surface area (Å²) in [4.78, 5) is 3.96. The van der Waals surface area contributed by atoms with Crippen molar-refractivity contribution in [1.29, 1.82) is 0 Å². The molecule has 0 saturated heterocycles. The summed E-state index contributed by atoms with van der Waals surface area (Å²) in [6.07, 6.45) is 7.03. The van der Waals surface area contributed by atoms with Crippen LogP contribution in [0.25, 0.3) is 0 Å². The van der Waals surface area contributed by atoms with Gasteiger partial charge in [0.15, 0.2) is 0 Å². The molecule has 0 atom stereocenters. The van der Waals surface area contributed by atoms with Gasteiger partial charge in [0.2, 0.25) is 0 Å². The van der Waals surface area contributed by atoms with Crippen LogP contribution in [0.4, 0.5) is 4.39 Å². The van der Waals surface area contributed by atoms with Crippen molar-refractivity contribution in [2.24, 2.45) is 4.99 Å². The zero-order valence-electron chi connectivity index (χ0n) is 5.84. The molecule has 0 fully saturated rings. The lowest BCUT2D eigenvalue weighted by molar-refractivity contribution is 0.608. The largest absolute Gasteiger partial charge is 0.211 e. The number of fused-ring (bicyclic) bond motifs is 1. The Kier molecular flexibility index (Phi) is 1.34. The minimum atomic E-state index is -0.106. The van der Waals surface area contributed by atoms with Gasteiger partial charge in [0.1, 0.15) is 5.83 Å². The normalized spacial score (nSPS) is 20.3. The quantitative estimate of drug-likeness (QED) is 0.498. The summed E-state index contributed by atoms with van der Waals surface area (Å²) in [5, 5.41) is 0. The summed E-state index contributed by atoms with van der Waals surface area (Å²) in [6, 6.07) is 0. The molecule has 0 aromatic carbocycles. The number of allylic oxidation sites excluding steroid dienone is 6. The molecule has 54 valence electrons. The Morgan fingerprint density at radius 3 is 3.18 bits per heavy atom. The van der Waals surface area contributed by atoms with Crippen molar-refractivity contribution in [2.75, 3.05) is 0 Å². The first kappa shape index (κ1) is 6.32. The smallest absolute Gasteiger partial charge is 0.104 e. The van der Waals surface area contributed by atoms with E-state index in [0.29, 0.717) is 6.42 Å². The van der Waals surface area contributed by atoms with Gasteiger partial charge < -0.3 is 0 Å². The van der Waals surface area contributed by atoms with Crippen LogP contribution < -0.4 is 0 Å². The van der Waals surface area contributed by atoms with Gasteiger partial charge in [-0.3, -0.25) is 0 Å². The van der Waals surface area contributed by atoms with E-state index in [0.717, 1.165) is 11.3 Å². The first-order valence-electron chi connectivity index (χ1n) is 3.41. The number of nitrogens with zero attached hydrogens (tertiary/aromatic N) is 1. The van der Waals surface area contributed by atoms with Gasteiger partial charge in [-0.2, -0.15) is 0 Å². The van der Waals surface area contributed by atoms with Crippen molar-refractivity contribution in [3.8, 4) is 0 Å². The van der Waals surface area contributed by atoms with Crippen molar-refractivity contribution < 1.29 is 4.39 Å². The Balaban J connectivity index is 2.47. The lowest BCUT2D eigenvalue weighted by Crippen LogP contribution is -1.95.